The lowest BCUT2D eigenvalue weighted by Gasteiger charge is -2.17. The summed E-state index contributed by atoms with van der Waals surface area (Å²) in [6, 6.07) is 0. The van der Waals surface area contributed by atoms with Crippen LogP contribution in [-0.2, 0) is 0 Å². The fraction of sp³-hybridized carbons (Fsp3) is 0.583. The fourth-order valence-corrected chi connectivity index (χ4v) is 1.65. The Labute approximate surface area is 97.0 Å². The molecule has 0 spiro atoms. The number of aromatic nitrogens is 1. The van der Waals surface area contributed by atoms with Crippen LogP contribution >= 0.6 is 0 Å². The smallest absolute Gasteiger partial charge is 0.253 e. The van der Waals surface area contributed by atoms with Gasteiger partial charge in [-0.3, -0.25) is 4.79 Å². The van der Waals surface area contributed by atoms with Gasteiger partial charge in [0.15, 0.2) is 0 Å². The molecule has 0 atom stereocenters. The molecule has 0 aliphatic carbocycles. The van der Waals surface area contributed by atoms with E-state index in [0.717, 1.165) is 30.8 Å². The van der Waals surface area contributed by atoms with Gasteiger partial charge < -0.3 is 15.2 Å². The first kappa shape index (κ1) is 12.8. The van der Waals surface area contributed by atoms with E-state index in [2.05, 4.69) is 29.0 Å². The summed E-state index contributed by atoms with van der Waals surface area (Å²) in [4.78, 5) is 16.9. The van der Waals surface area contributed by atoms with Crippen LogP contribution in [0.15, 0.2) is 12.4 Å². The zero-order chi connectivity index (χ0) is 12.0. The predicted octanol–water partition coefficient (Wildman–Crippen LogP) is 1.39. The van der Waals surface area contributed by atoms with E-state index in [1.54, 1.807) is 6.20 Å². The summed E-state index contributed by atoms with van der Waals surface area (Å²) in [5.74, 6) is 0.00547. The van der Waals surface area contributed by atoms with E-state index >= 15 is 0 Å². The molecule has 1 aromatic rings. The van der Waals surface area contributed by atoms with Gasteiger partial charge in [-0.15, -0.1) is 0 Å². The van der Waals surface area contributed by atoms with E-state index in [4.69, 9.17) is 0 Å². The second kappa shape index (κ2) is 6.33. The van der Waals surface area contributed by atoms with Crippen molar-refractivity contribution in [1.82, 2.24) is 15.2 Å². The zero-order valence-electron chi connectivity index (χ0n) is 10.3. The maximum atomic E-state index is 11.7. The molecule has 1 aromatic heterocycles. The Kier molecular flexibility index (Phi) is 5.05. The molecular weight excluding hydrogens is 202 g/mol. The molecule has 0 aromatic carbocycles. The number of rotatable bonds is 6. The van der Waals surface area contributed by atoms with Gasteiger partial charge in [-0.25, -0.2) is 0 Å². The van der Waals surface area contributed by atoms with E-state index < -0.39 is 0 Å². The first-order chi connectivity index (χ1) is 7.69. The lowest BCUT2D eigenvalue weighted by molar-refractivity contribution is 0.0948. The Morgan fingerprint density at radius 2 is 2.06 bits per heavy atom. The molecule has 1 rings (SSSR count). The molecule has 0 aliphatic rings. The van der Waals surface area contributed by atoms with Gasteiger partial charge >= 0.3 is 0 Å². The molecule has 4 nitrogen and oxygen atoms in total. The Morgan fingerprint density at radius 3 is 2.56 bits per heavy atom. The first-order valence-corrected chi connectivity index (χ1v) is 5.83. The molecule has 1 amide bonds. The molecule has 0 radical (unpaired) electrons. The molecular formula is C12H21N3O. The van der Waals surface area contributed by atoms with Crippen LogP contribution in [0, 0.1) is 6.92 Å². The average molecular weight is 223 g/mol. The molecule has 0 saturated heterocycles. The number of hydrogen-bond donors (Lipinski definition) is 2. The zero-order valence-corrected chi connectivity index (χ0v) is 10.3. The standard InChI is InChI=1S/C12H21N3O/c1-4-15(5-2)7-6-14-12(16)11-9-13-8-10(11)3/h8-9,13H,4-7H2,1-3H3,(H,14,16). The Balaban J connectivity index is 2.34. The van der Waals surface area contributed by atoms with Crippen LogP contribution < -0.4 is 5.32 Å². The second-order valence-electron chi connectivity index (χ2n) is 3.83. The van der Waals surface area contributed by atoms with Crippen LogP contribution in [-0.4, -0.2) is 42.0 Å². The van der Waals surface area contributed by atoms with Gasteiger partial charge in [-0.05, 0) is 25.6 Å². The van der Waals surface area contributed by atoms with E-state index in [1.165, 1.54) is 0 Å². The van der Waals surface area contributed by atoms with Crippen molar-refractivity contribution in [2.45, 2.75) is 20.8 Å². The summed E-state index contributed by atoms with van der Waals surface area (Å²) in [6.07, 6.45) is 3.57. The van der Waals surface area contributed by atoms with Gasteiger partial charge in [0.25, 0.3) is 5.91 Å². The highest BCUT2D eigenvalue weighted by Crippen LogP contribution is 2.04. The molecule has 1 heterocycles. The maximum absolute atomic E-state index is 11.7. The molecule has 0 fully saturated rings. The summed E-state index contributed by atoms with van der Waals surface area (Å²) < 4.78 is 0. The van der Waals surface area contributed by atoms with Crippen LogP contribution in [0.3, 0.4) is 0 Å². The minimum atomic E-state index is 0.00547. The van der Waals surface area contributed by atoms with E-state index in [1.807, 2.05) is 13.1 Å². The summed E-state index contributed by atoms with van der Waals surface area (Å²) >= 11 is 0. The number of aromatic amines is 1. The highest BCUT2D eigenvalue weighted by atomic mass is 16.1. The maximum Gasteiger partial charge on any atom is 0.253 e. The number of hydrogen-bond acceptors (Lipinski definition) is 2. The fourth-order valence-electron chi connectivity index (χ4n) is 1.65. The van der Waals surface area contributed by atoms with Gasteiger partial charge in [-0.1, -0.05) is 13.8 Å². The Hall–Kier alpha value is -1.29. The average Bonchev–Trinajstić information content (AvgIpc) is 2.70. The summed E-state index contributed by atoms with van der Waals surface area (Å²) in [6.45, 7) is 9.83. The van der Waals surface area contributed by atoms with E-state index in [9.17, 15) is 4.79 Å². The molecule has 0 aliphatic heterocycles. The lowest BCUT2D eigenvalue weighted by atomic mass is 10.2. The third-order valence-corrected chi connectivity index (χ3v) is 2.80. The molecule has 0 unspecified atom stereocenters. The van der Waals surface area contributed by atoms with E-state index in [0.29, 0.717) is 6.54 Å². The van der Waals surface area contributed by atoms with Crippen molar-refractivity contribution in [2.75, 3.05) is 26.2 Å². The topological polar surface area (TPSA) is 48.1 Å². The van der Waals surface area contributed by atoms with Crippen LogP contribution in [0.1, 0.15) is 29.8 Å². The number of amides is 1. The number of carbonyl (C=O) groups is 1. The van der Waals surface area contributed by atoms with Crippen LogP contribution in [0.5, 0.6) is 0 Å². The normalized spacial score (nSPS) is 10.8. The minimum Gasteiger partial charge on any atom is -0.367 e. The van der Waals surface area contributed by atoms with Gasteiger partial charge in [0.2, 0.25) is 0 Å². The number of aryl methyl sites for hydroxylation is 1. The van der Waals surface area contributed by atoms with E-state index in [-0.39, 0.29) is 5.91 Å². The molecule has 0 bridgehead atoms. The largest absolute Gasteiger partial charge is 0.367 e. The van der Waals surface area contributed by atoms with Gasteiger partial charge in [-0.2, -0.15) is 0 Å². The van der Waals surface area contributed by atoms with Crippen molar-refractivity contribution in [3.8, 4) is 0 Å². The van der Waals surface area contributed by atoms with Crippen molar-refractivity contribution in [1.29, 1.82) is 0 Å². The third-order valence-electron chi connectivity index (χ3n) is 2.80. The second-order valence-corrected chi connectivity index (χ2v) is 3.83. The highest BCUT2D eigenvalue weighted by Gasteiger charge is 2.08. The Morgan fingerprint density at radius 1 is 1.38 bits per heavy atom. The summed E-state index contributed by atoms with van der Waals surface area (Å²) in [5, 5.41) is 2.92. The quantitative estimate of drug-likeness (QED) is 0.765. The number of H-pyrrole nitrogens is 1. The van der Waals surface area contributed by atoms with Crippen LogP contribution in [0.4, 0.5) is 0 Å². The first-order valence-electron chi connectivity index (χ1n) is 5.83. The minimum absolute atomic E-state index is 0.00547. The number of nitrogens with zero attached hydrogens (tertiary/aromatic N) is 1. The molecule has 16 heavy (non-hydrogen) atoms. The predicted molar refractivity (Wildman–Crippen MR) is 65.7 cm³/mol. The van der Waals surface area contributed by atoms with Crippen molar-refractivity contribution >= 4 is 5.91 Å². The van der Waals surface area contributed by atoms with Gasteiger partial charge in [0, 0.05) is 25.5 Å². The highest BCUT2D eigenvalue weighted by molar-refractivity contribution is 5.95. The molecule has 0 saturated carbocycles. The monoisotopic (exact) mass is 223 g/mol. The van der Waals surface area contributed by atoms with Gasteiger partial charge in [0.1, 0.15) is 0 Å². The molecule has 2 N–H and O–H groups in total. The summed E-state index contributed by atoms with van der Waals surface area (Å²) in [7, 11) is 0. The number of likely N-dealkylation sites (N-methyl/N-ethyl adjacent to an activating group) is 1. The Bertz CT molecular complexity index is 329. The third kappa shape index (κ3) is 3.38. The number of nitrogens with one attached hydrogen (secondary N) is 2. The van der Waals surface area contributed by atoms with Crippen molar-refractivity contribution in [3.05, 3.63) is 23.5 Å². The SMILES string of the molecule is CCN(CC)CCNC(=O)c1c[nH]cc1C. The van der Waals surface area contributed by atoms with Gasteiger partial charge in [0.05, 0.1) is 5.56 Å². The van der Waals surface area contributed by atoms with Crippen molar-refractivity contribution in [3.63, 3.8) is 0 Å². The molecule has 4 heteroatoms. The summed E-state index contributed by atoms with van der Waals surface area (Å²) in [5.41, 5.74) is 1.72. The van der Waals surface area contributed by atoms with Crippen LogP contribution in [0.25, 0.3) is 0 Å². The number of carbonyl (C=O) groups excluding carboxylic acids is 1. The lowest BCUT2D eigenvalue weighted by Crippen LogP contribution is -2.34. The van der Waals surface area contributed by atoms with Crippen LogP contribution in [0.2, 0.25) is 0 Å². The molecule has 90 valence electrons. The van der Waals surface area contributed by atoms with Crippen molar-refractivity contribution < 1.29 is 4.79 Å². The van der Waals surface area contributed by atoms with Crippen molar-refractivity contribution in [2.24, 2.45) is 0 Å².